The smallest absolute Gasteiger partial charge is 0.315 e. The fourth-order valence-electron chi connectivity index (χ4n) is 6.38. The van der Waals surface area contributed by atoms with Gasteiger partial charge in [-0.15, -0.1) is 0 Å². The Balaban J connectivity index is 1.70. The van der Waals surface area contributed by atoms with Crippen LogP contribution in [0.5, 0.6) is 5.75 Å². The van der Waals surface area contributed by atoms with Crippen molar-refractivity contribution in [3.05, 3.63) is 29.5 Å². The van der Waals surface area contributed by atoms with Gasteiger partial charge in [0.25, 0.3) is 0 Å². The first-order chi connectivity index (χ1) is 12.8. The zero-order valence-corrected chi connectivity index (χ0v) is 15.0. The van der Waals surface area contributed by atoms with E-state index in [1.54, 1.807) is 20.3 Å². The molecule has 2 saturated heterocycles. The van der Waals surface area contributed by atoms with E-state index in [1.165, 1.54) is 0 Å². The van der Waals surface area contributed by atoms with Gasteiger partial charge in [-0.05, 0) is 24.6 Å². The van der Waals surface area contributed by atoms with Crippen molar-refractivity contribution < 1.29 is 33.6 Å². The first-order valence-corrected chi connectivity index (χ1v) is 9.18. The van der Waals surface area contributed by atoms with Gasteiger partial charge < -0.3 is 28.8 Å². The average Bonchev–Trinajstić information content (AvgIpc) is 3.31. The number of ether oxygens (including phenoxy) is 3. The second-order valence-corrected chi connectivity index (χ2v) is 8.55. The number of fused-ring (bicyclic) bond motifs is 4. The molecular formula is C20H20O7. The van der Waals surface area contributed by atoms with Gasteiger partial charge in [0, 0.05) is 29.7 Å². The average molecular weight is 372 g/mol. The molecule has 2 aliphatic heterocycles. The van der Waals surface area contributed by atoms with Gasteiger partial charge in [-0.3, -0.25) is 4.79 Å². The maximum atomic E-state index is 12.8. The first-order valence-electron chi connectivity index (χ1n) is 9.18. The third-order valence-electron chi connectivity index (χ3n) is 7.42. The van der Waals surface area contributed by atoms with Crippen LogP contribution in [0.25, 0.3) is 11.0 Å². The molecule has 0 unspecified atom stereocenters. The number of furan rings is 1. The molecule has 2 aromatic rings. The molecule has 1 spiro atoms. The van der Waals surface area contributed by atoms with Crippen LogP contribution in [0.3, 0.4) is 0 Å². The van der Waals surface area contributed by atoms with Crippen LogP contribution in [-0.2, 0) is 26.1 Å². The zero-order valence-electron chi connectivity index (χ0n) is 15.0. The molecule has 6 rings (SSSR count). The van der Waals surface area contributed by atoms with E-state index >= 15 is 0 Å². The van der Waals surface area contributed by atoms with E-state index in [4.69, 9.17) is 18.6 Å². The second kappa shape index (κ2) is 4.48. The van der Waals surface area contributed by atoms with E-state index in [9.17, 15) is 15.0 Å². The molecule has 7 heteroatoms. The molecule has 0 radical (unpaired) electrons. The van der Waals surface area contributed by atoms with Gasteiger partial charge >= 0.3 is 5.97 Å². The first kappa shape index (κ1) is 15.9. The Kier molecular flexibility index (Phi) is 2.64. The highest BCUT2D eigenvalue weighted by Crippen LogP contribution is 2.67. The Morgan fingerprint density at radius 1 is 1.37 bits per heavy atom. The molecule has 27 heavy (non-hydrogen) atoms. The number of hydrogen-bond donors (Lipinski definition) is 2. The van der Waals surface area contributed by atoms with Gasteiger partial charge in [-0.2, -0.15) is 0 Å². The molecule has 4 aliphatic rings. The lowest BCUT2D eigenvalue weighted by Crippen LogP contribution is -2.65. The molecule has 142 valence electrons. The number of hydrogen-bond acceptors (Lipinski definition) is 7. The molecule has 2 N–H and O–H groups in total. The normalized spacial score (nSPS) is 44.1. The van der Waals surface area contributed by atoms with E-state index in [0.29, 0.717) is 17.8 Å². The highest BCUT2D eigenvalue weighted by Gasteiger charge is 2.78. The SMILES string of the molecule is COc1cc2c(c3occc13)C[C@H]1OC(=O)[C@]3(C)[C@H]1[C@@]21CO[C@](O)(C1)[C@@H]3O. The molecular weight excluding hydrogens is 352 g/mol. The number of aliphatic hydroxyl groups excluding tert-OH is 1. The molecule has 2 bridgehead atoms. The van der Waals surface area contributed by atoms with Crippen LogP contribution >= 0.6 is 0 Å². The van der Waals surface area contributed by atoms with Crippen LogP contribution in [-0.4, -0.2) is 47.9 Å². The molecule has 0 amide bonds. The molecule has 2 aliphatic carbocycles. The summed E-state index contributed by atoms with van der Waals surface area (Å²) in [5.74, 6) is -1.87. The molecule has 6 atom stereocenters. The van der Waals surface area contributed by atoms with Crippen molar-refractivity contribution in [3.63, 3.8) is 0 Å². The summed E-state index contributed by atoms with van der Waals surface area (Å²) in [4.78, 5) is 12.8. The largest absolute Gasteiger partial charge is 0.496 e. The van der Waals surface area contributed by atoms with Crippen molar-refractivity contribution >= 4 is 16.9 Å². The van der Waals surface area contributed by atoms with Gasteiger partial charge in [-0.25, -0.2) is 0 Å². The van der Waals surface area contributed by atoms with Crippen molar-refractivity contribution in [3.8, 4) is 5.75 Å². The summed E-state index contributed by atoms with van der Waals surface area (Å²) in [6, 6.07) is 3.83. The number of carbonyl (C=O) groups excluding carboxylic acids is 1. The predicted molar refractivity (Wildman–Crippen MR) is 91.2 cm³/mol. The molecule has 1 saturated carbocycles. The Morgan fingerprint density at radius 3 is 2.96 bits per heavy atom. The topological polar surface area (TPSA) is 98.4 Å². The van der Waals surface area contributed by atoms with Crippen LogP contribution in [0, 0.1) is 11.3 Å². The summed E-state index contributed by atoms with van der Waals surface area (Å²) in [6.07, 6.45) is 0.601. The van der Waals surface area contributed by atoms with Crippen LogP contribution in [0.1, 0.15) is 24.5 Å². The van der Waals surface area contributed by atoms with Gasteiger partial charge in [0.2, 0.25) is 0 Å². The van der Waals surface area contributed by atoms with Gasteiger partial charge in [0.15, 0.2) is 5.79 Å². The number of benzene rings is 1. The lowest BCUT2D eigenvalue weighted by atomic mass is 9.48. The summed E-state index contributed by atoms with van der Waals surface area (Å²) in [5, 5.41) is 22.8. The van der Waals surface area contributed by atoms with E-state index in [1.807, 2.05) is 12.1 Å². The number of methoxy groups -OCH3 is 1. The van der Waals surface area contributed by atoms with Gasteiger partial charge in [0.05, 0.1) is 25.4 Å². The fourth-order valence-corrected chi connectivity index (χ4v) is 6.38. The predicted octanol–water partition coefficient (Wildman–Crippen LogP) is 1.27. The van der Waals surface area contributed by atoms with Crippen LogP contribution in [0.4, 0.5) is 0 Å². The van der Waals surface area contributed by atoms with Crippen molar-refractivity contribution in [1.29, 1.82) is 0 Å². The highest BCUT2D eigenvalue weighted by atomic mass is 16.6. The Hall–Kier alpha value is -2.09. The molecule has 7 nitrogen and oxygen atoms in total. The summed E-state index contributed by atoms with van der Waals surface area (Å²) in [5.41, 5.74) is 0.746. The van der Waals surface area contributed by atoms with E-state index in [0.717, 1.165) is 16.5 Å². The molecule has 3 fully saturated rings. The Morgan fingerprint density at radius 2 is 2.19 bits per heavy atom. The minimum atomic E-state index is -1.78. The van der Waals surface area contributed by atoms with Crippen molar-refractivity contribution in [2.45, 2.75) is 43.2 Å². The lowest BCUT2D eigenvalue weighted by Gasteiger charge is -2.52. The van der Waals surface area contributed by atoms with Crippen molar-refractivity contribution in [2.75, 3.05) is 13.7 Å². The Bertz CT molecular complexity index is 1010. The third kappa shape index (κ3) is 1.52. The van der Waals surface area contributed by atoms with Crippen LogP contribution in [0.15, 0.2) is 22.8 Å². The van der Waals surface area contributed by atoms with Gasteiger partial charge in [-0.1, -0.05) is 0 Å². The van der Waals surface area contributed by atoms with E-state index in [2.05, 4.69) is 0 Å². The minimum absolute atomic E-state index is 0.205. The van der Waals surface area contributed by atoms with Gasteiger partial charge in [0.1, 0.15) is 29.0 Å². The monoisotopic (exact) mass is 372 g/mol. The number of carbonyl (C=O) groups is 1. The standard InChI is InChI=1S/C20H20O7/c1-18-15-13(27-17(18)22)5-10-11(6-12(24-2)9-3-4-25-14(9)10)19(15)7-20(23,16(18)21)26-8-19/h3-4,6,13,15-16,21,23H,5,7-8H2,1-2H3/t13-,15+,16-,18-,19+,20-/m1/s1. The fraction of sp³-hybridized carbons (Fsp3) is 0.550. The summed E-state index contributed by atoms with van der Waals surface area (Å²) in [6.45, 7) is 1.89. The Labute approximate surface area is 154 Å². The van der Waals surface area contributed by atoms with Crippen molar-refractivity contribution in [2.24, 2.45) is 11.3 Å². The maximum Gasteiger partial charge on any atom is 0.315 e. The van der Waals surface area contributed by atoms with Crippen LogP contribution < -0.4 is 4.74 Å². The van der Waals surface area contributed by atoms with E-state index in [-0.39, 0.29) is 18.9 Å². The zero-order chi connectivity index (χ0) is 18.8. The summed E-state index contributed by atoms with van der Waals surface area (Å²) < 4.78 is 22.9. The number of aliphatic hydroxyl groups is 2. The third-order valence-corrected chi connectivity index (χ3v) is 7.42. The quantitative estimate of drug-likeness (QED) is 0.728. The summed E-state index contributed by atoms with van der Waals surface area (Å²) in [7, 11) is 1.61. The second-order valence-electron chi connectivity index (χ2n) is 8.55. The van der Waals surface area contributed by atoms with Crippen LogP contribution in [0.2, 0.25) is 0 Å². The lowest BCUT2D eigenvalue weighted by molar-refractivity contribution is -0.263. The number of esters is 1. The summed E-state index contributed by atoms with van der Waals surface area (Å²) >= 11 is 0. The van der Waals surface area contributed by atoms with E-state index < -0.39 is 34.8 Å². The molecule has 1 aromatic carbocycles. The molecule has 3 heterocycles. The van der Waals surface area contributed by atoms with Crippen molar-refractivity contribution in [1.82, 2.24) is 0 Å². The maximum absolute atomic E-state index is 12.8. The minimum Gasteiger partial charge on any atom is -0.496 e. The molecule has 1 aromatic heterocycles. The number of rotatable bonds is 1. The highest BCUT2D eigenvalue weighted by molar-refractivity contribution is 5.90.